The molecule has 2 aliphatic rings. The molecule has 2 N–H and O–H groups in total. The summed E-state index contributed by atoms with van der Waals surface area (Å²) in [6, 6.07) is 8.50. The Kier molecular flexibility index (Phi) is 10.2. The Morgan fingerprint density at radius 3 is 2.62 bits per heavy atom. The SMILES string of the molecule is CCNC(=NCc1ccccc1COC)NC1CCN(C(=O)C2CCCC2)C1.I. The van der Waals surface area contributed by atoms with Crippen LogP contribution in [0.1, 0.15) is 50.2 Å². The van der Waals surface area contributed by atoms with Gasteiger partial charge in [-0.25, -0.2) is 4.99 Å². The predicted molar refractivity (Wildman–Crippen MR) is 127 cm³/mol. The van der Waals surface area contributed by atoms with Crippen molar-refractivity contribution in [1.82, 2.24) is 15.5 Å². The second-order valence-corrected chi connectivity index (χ2v) is 7.79. The van der Waals surface area contributed by atoms with E-state index in [1.165, 1.54) is 24.0 Å². The average Bonchev–Trinajstić information content (AvgIpc) is 3.39. The van der Waals surface area contributed by atoms with Crippen molar-refractivity contribution < 1.29 is 9.53 Å². The van der Waals surface area contributed by atoms with Crippen LogP contribution in [0.15, 0.2) is 29.3 Å². The van der Waals surface area contributed by atoms with E-state index in [4.69, 9.17) is 9.73 Å². The number of ether oxygens (including phenoxy) is 1. The molecule has 1 aromatic carbocycles. The van der Waals surface area contributed by atoms with Crippen LogP contribution in [0.5, 0.6) is 0 Å². The molecule has 7 heteroatoms. The van der Waals surface area contributed by atoms with Crippen molar-refractivity contribution in [3.63, 3.8) is 0 Å². The molecule has 1 amide bonds. The Hall–Kier alpha value is -1.35. The first-order chi connectivity index (χ1) is 13.7. The predicted octanol–water partition coefficient (Wildman–Crippen LogP) is 3.30. The zero-order valence-corrected chi connectivity index (χ0v) is 20.0. The lowest BCUT2D eigenvalue weighted by atomic mass is 10.1. The maximum Gasteiger partial charge on any atom is 0.225 e. The molecule has 0 radical (unpaired) electrons. The molecule has 3 rings (SSSR count). The van der Waals surface area contributed by atoms with Crippen molar-refractivity contribution in [2.24, 2.45) is 10.9 Å². The molecule has 1 heterocycles. The number of rotatable bonds is 7. The molecule has 1 aliphatic heterocycles. The van der Waals surface area contributed by atoms with Gasteiger partial charge in [-0.05, 0) is 37.3 Å². The van der Waals surface area contributed by atoms with Gasteiger partial charge in [0, 0.05) is 38.7 Å². The Morgan fingerprint density at radius 1 is 1.21 bits per heavy atom. The van der Waals surface area contributed by atoms with E-state index in [0.29, 0.717) is 19.1 Å². The lowest BCUT2D eigenvalue weighted by molar-refractivity contribution is -0.134. The first-order valence-corrected chi connectivity index (χ1v) is 10.6. The third-order valence-corrected chi connectivity index (χ3v) is 5.72. The highest BCUT2D eigenvalue weighted by Crippen LogP contribution is 2.27. The lowest BCUT2D eigenvalue weighted by Crippen LogP contribution is -2.45. The molecular weight excluding hydrogens is 479 g/mol. The number of benzene rings is 1. The van der Waals surface area contributed by atoms with E-state index in [1.807, 2.05) is 17.0 Å². The number of likely N-dealkylation sites (tertiary alicyclic amines) is 1. The lowest BCUT2D eigenvalue weighted by Gasteiger charge is -2.21. The first kappa shape index (κ1) is 23.9. The minimum atomic E-state index is 0. The second-order valence-electron chi connectivity index (χ2n) is 7.79. The number of aliphatic imine (C=N–C) groups is 1. The number of halogens is 1. The van der Waals surface area contributed by atoms with Gasteiger partial charge in [0.15, 0.2) is 5.96 Å². The maximum atomic E-state index is 12.7. The summed E-state index contributed by atoms with van der Waals surface area (Å²) in [5, 5.41) is 6.86. The Labute approximate surface area is 191 Å². The van der Waals surface area contributed by atoms with Gasteiger partial charge in [-0.3, -0.25) is 4.79 Å². The molecule has 162 valence electrons. The van der Waals surface area contributed by atoms with E-state index in [1.54, 1.807) is 7.11 Å². The molecule has 0 aromatic heterocycles. The summed E-state index contributed by atoms with van der Waals surface area (Å²) in [7, 11) is 1.71. The van der Waals surface area contributed by atoms with Crippen LogP contribution < -0.4 is 10.6 Å². The largest absolute Gasteiger partial charge is 0.380 e. The maximum absolute atomic E-state index is 12.7. The quantitative estimate of drug-likeness (QED) is 0.333. The van der Waals surface area contributed by atoms with Gasteiger partial charge in [0.25, 0.3) is 0 Å². The second kappa shape index (κ2) is 12.4. The zero-order valence-electron chi connectivity index (χ0n) is 17.7. The minimum Gasteiger partial charge on any atom is -0.380 e. The molecule has 2 fully saturated rings. The zero-order chi connectivity index (χ0) is 19.8. The van der Waals surface area contributed by atoms with Gasteiger partial charge in [0.2, 0.25) is 5.91 Å². The van der Waals surface area contributed by atoms with E-state index in [9.17, 15) is 4.79 Å². The summed E-state index contributed by atoms with van der Waals surface area (Å²) in [6.45, 7) is 5.70. The topological polar surface area (TPSA) is 66.0 Å². The highest BCUT2D eigenvalue weighted by atomic mass is 127. The van der Waals surface area contributed by atoms with Crippen LogP contribution in [-0.4, -0.2) is 49.6 Å². The van der Waals surface area contributed by atoms with E-state index in [2.05, 4.69) is 29.7 Å². The van der Waals surface area contributed by atoms with Crippen LogP contribution >= 0.6 is 24.0 Å². The molecule has 1 saturated heterocycles. The van der Waals surface area contributed by atoms with Gasteiger partial charge in [-0.1, -0.05) is 37.1 Å². The van der Waals surface area contributed by atoms with Crippen molar-refractivity contribution in [3.8, 4) is 0 Å². The van der Waals surface area contributed by atoms with E-state index >= 15 is 0 Å². The van der Waals surface area contributed by atoms with Gasteiger partial charge < -0.3 is 20.3 Å². The monoisotopic (exact) mass is 514 g/mol. The van der Waals surface area contributed by atoms with Crippen LogP contribution in [0.3, 0.4) is 0 Å². The summed E-state index contributed by atoms with van der Waals surface area (Å²) in [4.78, 5) is 19.5. The smallest absolute Gasteiger partial charge is 0.225 e. The van der Waals surface area contributed by atoms with Crippen molar-refractivity contribution in [2.75, 3.05) is 26.7 Å². The Bertz CT molecular complexity index is 677. The van der Waals surface area contributed by atoms with Gasteiger partial charge >= 0.3 is 0 Å². The summed E-state index contributed by atoms with van der Waals surface area (Å²) in [5.41, 5.74) is 2.34. The summed E-state index contributed by atoms with van der Waals surface area (Å²) >= 11 is 0. The molecule has 1 aliphatic carbocycles. The number of nitrogens with one attached hydrogen (secondary N) is 2. The fourth-order valence-corrected chi connectivity index (χ4v) is 4.19. The number of hydrogen-bond donors (Lipinski definition) is 2. The molecule has 1 atom stereocenters. The number of amides is 1. The molecule has 29 heavy (non-hydrogen) atoms. The molecular formula is C22H35IN4O2. The van der Waals surface area contributed by atoms with Crippen molar-refractivity contribution in [3.05, 3.63) is 35.4 Å². The molecule has 1 unspecified atom stereocenters. The first-order valence-electron chi connectivity index (χ1n) is 10.6. The van der Waals surface area contributed by atoms with Crippen molar-refractivity contribution in [1.29, 1.82) is 0 Å². The highest BCUT2D eigenvalue weighted by molar-refractivity contribution is 14.0. The number of guanidine groups is 1. The highest BCUT2D eigenvalue weighted by Gasteiger charge is 2.32. The van der Waals surface area contributed by atoms with Crippen LogP contribution in [0.2, 0.25) is 0 Å². The van der Waals surface area contributed by atoms with Crippen molar-refractivity contribution in [2.45, 2.75) is 58.2 Å². The van der Waals surface area contributed by atoms with E-state index < -0.39 is 0 Å². The number of methoxy groups -OCH3 is 1. The molecule has 6 nitrogen and oxygen atoms in total. The number of nitrogens with zero attached hydrogens (tertiary/aromatic N) is 2. The van der Waals surface area contributed by atoms with Gasteiger partial charge in [0.1, 0.15) is 0 Å². The normalized spacial score (nSPS) is 19.9. The van der Waals surface area contributed by atoms with Gasteiger partial charge in [-0.2, -0.15) is 0 Å². The average molecular weight is 514 g/mol. The third-order valence-electron chi connectivity index (χ3n) is 5.72. The van der Waals surface area contributed by atoms with E-state index in [0.717, 1.165) is 44.9 Å². The molecule has 0 spiro atoms. The Morgan fingerprint density at radius 2 is 1.93 bits per heavy atom. The fourth-order valence-electron chi connectivity index (χ4n) is 4.19. The minimum absolute atomic E-state index is 0. The standard InChI is InChI=1S/C22H34N4O2.HI/c1-3-23-22(24-14-18-10-6-7-11-19(18)16-28-2)25-20-12-13-26(15-20)21(27)17-8-4-5-9-17;/h6-7,10-11,17,20H,3-5,8-9,12-16H2,1-2H3,(H2,23,24,25);1H. The van der Waals surface area contributed by atoms with E-state index in [-0.39, 0.29) is 35.9 Å². The van der Waals surface area contributed by atoms with Crippen molar-refractivity contribution >= 4 is 35.8 Å². The summed E-state index contributed by atoms with van der Waals surface area (Å²) < 4.78 is 5.29. The molecule has 1 saturated carbocycles. The number of hydrogen-bond acceptors (Lipinski definition) is 3. The van der Waals surface area contributed by atoms with Crippen LogP contribution in [0.25, 0.3) is 0 Å². The summed E-state index contributed by atoms with van der Waals surface area (Å²) in [5.74, 6) is 1.44. The van der Waals surface area contributed by atoms with Gasteiger partial charge in [-0.15, -0.1) is 24.0 Å². The van der Waals surface area contributed by atoms with Gasteiger partial charge in [0.05, 0.1) is 13.2 Å². The summed E-state index contributed by atoms with van der Waals surface area (Å²) in [6.07, 6.45) is 5.52. The van der Waals surface area contributed by atoms with Crippen LogP contribution in [0.4, 0.5) is 0 Å². The van der Waals surface area contributed by atoms with Crippen LogP contribution in [0, 0.1) is 5.92 Å². The van der Waals surface area contributed by atoms with Crippen LogP contribution in [-0.2, 0) is 22.7 Å². The number of carbonyl (C=O) groups excluding carboxylic acids is 1. The Balaban J connectivity index is 0.00000300. The molecule has 0 bridgehead atoms. The molecule has 1 aromatic rings. The number of carbonyl (C=O) groups is 1. The fraction of sp³-hybridized carbons (Fsp3) is 0.636. The third kappa shape index (κ3) is 6.84.